The normalized spacial score (nSPS) is 22.0. The molecule has 0 spiro atoms. The highest BCUT2D eigenvalue weighted by Gasteiger charge is 2.36. The summed E-state index contributed by atoms with van der Waals surface area (Å²) in [5.74, 6) is -0.102. The van der Waals surface area contributed by atoms with Crippen LogP contribution in [0.5, 0.6) is 0 Å². The van der Waals surface area contributed by atoms with E-state index in [2.05, 4.69) is 0 Å². The number of rotatable bonds is 3. The molecule has 0 saturated heterocycles. The summed E-state index contributed by atoms with van der Waals surface area (Å²) in [6.45, 7) is 0.171. The third-order valence-electron chi connectivity index (χ3n) is 2.61. The Bertz CT molecular complexity index is 140. The average Bonchev–Trinajstić information content (AvgIpc) is 1.79. The van der Waals surface area contributed by atoms with Crippen LogP contribution in [0, 0.1) is 11.8 Å². The molecule has 1 aliphatic carbocycles. The number of halogens is 3. The number of hydrogen-bond donors (Lipinski definition) is 1. The summed E-state index contributed by atoms with van der Waals surface area (Å²) < 4.78 is 35.9. The van der Waals surface area contributed by atoms with Gasteiger partial charge in [-0.05, 0) is 18.4 Å². The Morgan fingerprint density at radius 1 is 1.33 bits per heavy atom. The van der Waals surface area contributed by atoms with Crippen molar-refractivity contribution in [3.63, 3.8) is 0 Å². The summed E-state index contributed by atoms with van der Waals surface area (Å²) in [6, 6.07) is 0. The first-order valence-electron chi connectivity index (χ1n) is 4.30. The zero-order valence-corrected chi connectivity index (χ0v) is 6.90. The molecule has 0 aromatic carbocycles. The monoisotopic (exact) mass is 181 g/mol. The molecular weight excluding hydrogens is 167 g/mol. The molecule has 2 N–H and O–H groups in total. The first-order chi connectivity index (χ1) is 5.53. The van der Waals surface area contributed by atoms with E-state index in [9.17, 15) is 13.2 Å². The van der Waals surface area contributed by atoms with Crippen LogP contribution in [0.2, 0.25) is 0 Å². The molecule has 1 atom stereocenters. The Balaban J connectivity index is 2.34. The fourth-order valence-electron chi connectivity index (χ4n) is 1.65. The van der Waals surface area contributed by atoms with Crippen LogP contribution in [-0.2, 0) is 0 Å². The molecular formula is C8H14F3N. The molecule has 0 bridgehead atoms. The summed E-state index contributed by atoms with van der Waals surface area (Å²) >= 11 is 0. The maximum atomic E-state index is 12.0. The Kier molecular flexibility index (Phi) is 2.99. The Morgan fingerprint density at radius 3 is 2.17 bits per heavy atom. The minimum Gasteiger partial charge on any atom is -0.330 e. The van der Waals surface area contributed by atoms with Gasteiger partial charge in [0, 0.05) is 6.42 Å². The zero-order chi connectivity index (χ0) is 9.19. The lowest BCUT2D eigenvalue weighted by Gasteiger charge is -2.33. The topological polar surface area (TPSA) is 26.0 Å². The highest BCUT2D eigenvalue weighted by atomic mass is 19.4. The molecule has 1 saturated carbocycles. The van der Waals surface area contributed by atoms with E-state index in [0.717, 1.165) is 19.3 Å². The van der Waals surface area contributed by atoms with Crippen molar-refractivity contribution < 1.29 is 13.2 Å². The lowest BCUT2D eigenvalue weighted by Crippen LogP contribution is -2.32. The summed E-state index contributed by atoms with van der Waals surface area (Å²) in [5, 5.41) is 0. The second-order valence-electron chi connectivity index (χ2n) is 3.51. The van der Waals surface area contributed by atoms with Gasteiger partial charge in [-0.2, -0.15) is 13.2 Å². The second-order valence-corrected chi connectivity index (χ2v) is 3.51. The standard InChI is InChI=1S/C8H14F3N/c9-8(10,11)4-7(5-12)6-2-1-3-6/h6-7H,1-5,12H2/t7-/m0/s1. The fraction of sp³-hybridized carbons (Fsp3) is 1.00. The van der Waals surface area contributed by atoms with Gasteiger partial charge in [-0.15, -0.1) is 0 Å². The van der Waals surface area contributed by atoms with Crippen LogP contribution in [0.1, 0.15) is 25.7 Å². The van der Waals surface area contributed by atoms with E-state index in [1.54, 1.807) is 0 Å². The van der Waals surface area contributed by atoms with Crippen LogP contribution < -0.4 is 5.73 Å². The Morgan fingerprint density at radius 2 is 1.92 bits per heavy atom. The number of alkyl halides is 3. The fourth-order valence-corrected chi connectivity index (χ4v) is 1.65. The average molecular weight is 181 g/mol. The third kappa shape index (κ3) is 2.66. The van der Waals surface area contributed by atoms with E-state index in [-0.39, 0.29) is 18.4 Å². The van der Waals surface area contributed by atoms with Crippen LogP contribution in [0.25, 0.3) is 0 Å². The molecule has 12 heavy (non-hydrogen) atoms. The van der Waals surface area contributed by atoms with Crippen molar-refractivity contribution in [3.05, 3.63) is 0 Å². The van der Waals surface area contributed by atoms with Crippen molar-refractivity contribution >= 4 is 0 Å². The minimum absolute atomic E-state index is 0.171. The van der Waals surface area contributed by atoms with Gasteiger partial charge in [-0.25, -0.2) is 0 Å². The SMILES string of the molecule is NC[C@H](CC(F)(F)F)C1CCC1. The van der Waals surface area contributed by atoms with Crippen molar-refractivity contribution in [1.82, 2.24) is 0 Å². The summed E-state index contributed by atoms with van der Waals surface area (Å²) in [7, 11) is 0. The molecule has 4 heteroatoms. The van der Waals surface area contributed by atoms with E-state index >= 15 is 0 Å². The van der Waals surface area contributed by atoms with Crippen LogP contribution in [0.4, 0.5) is 13.2 Å². The molecule has 1 rings (SSSR count). The molecule has 72 valence electrons. The Labute approximate surface area is 70.1 Å². The Hall–Kier alpha value is -0.250. The molecule has 1 fully saturated rings. The van der Waals surface area contributed by atoms with Gasteiger partial charge in [0.15, 0.2) is 0 Å². The summed E-state index contributed by atoms with van der Waals surface area (Å²) in [6.07, 6.45) is -1.82. The molecule has 0 aliphatic heterocycles. The number of nitrogens with two attached hydrogens (primary N) is 1. The van der Waals surface area contributed by atoms with Crippen LogP contribution >= 0.6 is 0 Å². The first-order valence-corrected chi connectivity index (χ1v) is 4.30. The maximum Gasteiger partial charge on any atom is 0.389 e. The largest absolute Gasteiger partial charge is 0.389 e. The van der Waals surface area contributed by atoms with E-state index < -0.39 is 12.6 Å². The smallest absolute Gasteiger partial charge is 0.330 e. The van der Waals surface area contributed by atoms with Gasteiger partial charge in [-0.1, -0.05) is 19.3 Å². The lowest BCUT2D eigenvalue weighted by atomic mass is 9.74. The van der Waals surface area contributed by atoms with Crippen molar-refractivity contribution in [1.29, 1.82) is 0 Å². The van der Waals surface area contributed by atoms with Gasteiger partial charge < -0.3 is 5.73 Å². The highest BCUT2D eigenvalue weighted by Crippen LogP contribution is 2.38. The first kappa shape index (κ1) is 9.84. The second kappa shape index (κ2) is 3.64. The van der Waals surface area contributed by atoms with Crippen LogP contribution in [0.15, 0.2) is 0 Å². The van der Waals surface area contributed by atoms with Crippen molar-refractivity contribution in [2.75, 3.05) is 6.54 Å². The van der Waals surface area contributed by atoms with E-state index in [0.29, 0.717) is 0 Å². The summed E-state index contributed by atoms with van der Waals surface area (Å²) in [4.78, 5) is 0. The molecule has 0 radical (unpaired) electrons. The van der Waals surface area contributed by atoms with Gasteiger partial charge in [0.1, 0.15) is 0 Å². The molecule has 0 aromatic rings. The molecule has 1 aliphatic rings. The summed E-state index contributed by atoms with van der Waals surface area (Å²) in [5.41, 5.74) is 5.29. The lowest BCUT2D eigenvalue weighted by molar-refractivity contribution is -0.149. The minimum atomic E-state index is -4.04. The van der Waals surface area contributed by atoms with Crippen LogP contribution in [0.3, 0.4) is 0 Å². The number of hydrogen-bond acceptors (Lipinski definition) is 1. The zero-order valence-electron chi connectivity index (χ0n) is 6.90. The van der Waals surface area contributed by atoms with Crippen molar-refractivity contribution in [2.24, 2.45) is 17.6 Å². The maximum absolute atomic E-state index is 12.0. The van der Waals surface area contributed by atoms with E-state index in [4.69, 9.17) is 5.73 Å². The molecule has 0 amide bonds. The van der Waals surface area contributed by atoms with Gasteiger partial charge in [0.05, 0.1) is 0 Å². The van der Waals surface area contributed by atoms with Crippen molar-refractivity contribution in [2.45, 2.75) is 31.9 Å². The molecule has 0 heterocycles. The third-order valence-corrected chi connectivity index (χ3v) is 2.61. The molecule has 0 unspecified atom stereocenters. The van der Waals surface area contributed by atoms with Gasteiger partial charge in [0.2, 0.25) is 0 Å². The van der Waals surface area contributed by atoms with E-state index in [1.807, 2.05) is 0 Å². The predicted octanol–water partition coefficient (Wildman–Crippen LogP) is 2.31. The predicted molar refractivity (Wildman–Crippen MR) is 40.6 cm³/mol. The quantitative estimate of drug-likeness (QED) is 0.710. The molecule has 1 nitrogen and oxygen atoms in total. The van der Waals surface area contributed by atoms with Crippen LogP contribution in [-0.4, -0.2) is 12.7 Å². The van der Waals surface area contributed by atoms with Gasteiger partial charge in [-0.3, -0.25) is 0 Å². The van der Waals surface area contributed by atoms with Gasteiger partial charge >= 0.3 is 6.18 Å². The van der Waals surface area contributed by atoms with E-state index in [1.165, 1.54) is 0 Å². The molecule has 0 aromatic heterocycles. The van der Waals surface area contributed by atoms with Gasteiger partial charge in [0.25, 0.3) is 0 Å². The highest BCUT2D eigenvalue weighted by molar-refractivity contribution is 4.79. The van der Waals surface area contributed by atoms with Crippen molar-refractivity contribution in [3.8, 4) is 0 Å².